The third kappa shape index (κ3) is 3.85. The molecule has 0 spiro atoms. The number of rotatable bonds is 6. The zero-order chi connectivity index (χ0) is 14.4. The minimum atomic E-state index is 0.455. The summed E-state index contributed by atoms with van der Waals surface area (Å²) in [6.07, 6.45) is 5.57. The molecular weight excluding hydrogens is 250 g/mol. The highest BCUT2D eigenvalue weighted by atomic mass is 16.5. The van der Waals surface area contributed by atoms with Crippen molar-refractivity contribution in [2.24, 2.45) is 5.92 Å². The molecular formula is C16H27N3O. The molecule has 1 saturated heterocycles. The summed E-state index contributed by atoms with van der Waals surface area (Å²) >= 11 is 0. The number of piperidine rings is 1. The number of aromatic nitrogens is 1. The number of ether oxygens (including phenoxy) is 1. The normalized spacial score (nSPS) is 18.8. The molecule has 1 aromatic heterocycles. The molecule has 1 N–H and O–H groups in total. The first-order chi connectivity index (χ1) is 9.74. The molecule has 0 bridgehead atoms. The van der Waals surface area contributed by atoms with Crippen molar-refractivity contribution in [1.82, 2.24) is 9.88 Å². The van der Waals surface area contributed by atoms with Crippen molar-refractivity contribution in [2.45, 2.75) is 39.2 Å². The van der Waals surface area contributed by atoms with Gasteiger partial charge in [0.15, 0.2) is 0 Å². The van der Waals surface area contributed by atoms with E-state index >= 15 is 0 Å². The average Bonchev–Trinajstić information content (AvgIpc) is 2.49. The van der Waals surface area contributed by atoms with Gasteiger partial charge < -0.3 is 15.0 Å². The lowest BCUT2D eigenvalue weighted by Gasteiger charge is -2.35. The van der Waals surface area contributed by atoms with E-state index in [9.17, 15) is 0 Å². The molecule has 4 nitrogen and oxygen atoms in total. The maximum absolute atomic E-state index is 5.30. The Kier molecular flexibility index (Phi) is 5.65. The maximum Gasteiger partial charge on any atom is 0.237 e. The molecule has 4 heteroatoms. The molecule has 0 amide bonds. The van der Waals surface area contributed by atoms with Gasteiger partial charge in [-0.1, -0.05) is 6.92 Å². The first kappa shape index (κ1) is 15.1. The molecule has 0 aromatic carbocycles. The molecule has 0 radical (unpaired) electrons. The van der Waals surface area contributed by atoms with Gasteiger partial charge in [-0.15, -0.1) is 0 Å². The molecule has 1 fully saturated rings. The minimum absolute atomic E-state index is 0.455. The van der Waals surface area contributed by atoms with Gasteiger partial charge >= 0.3 is 0 Å². The third-order valence-electron chi connectivity index (χ3n) is 4.23. The lowest BCUT2D eigenvalue weighted by Crippen LogP contribution is -2.39. The summed E-state index contributed by atoms with van der Waals surface area (Å²) in [6, 6.07) is 4.44. The second-order valence-electron chi connectivity index (χ2n) is 5.67. The van der Waals surface area contributed by atoms with Crippen molar-refractivity contribution >= 4 is 5.69 Å². The van der Waals surface area contributed by atoms with Crippen LogP contribution in [0.4, 0.5) is 5.69 Å². The van der Waals surface area contributed by atoms with E-state index in [2.05, 4.69) is 29.0 Å². The molecule has 2 heterocycles. The number of nitrogens with one attached hydrogen (secondary N) is 1. The molecule has 1 aromatic rings. The van der Waals surface area contributed by atoms with Gasteiger partial charge in [-0.05, 0) is 63.9 Å². The fraction of sp³-hybridized carbons (Fsp3) is 0.688. The van der Waals surface area contributed by atoms with Gasteiger partial charge in [-0.25, -0.2) is 4.98 Å². The molecule has 1 aliphatic heterocycles. The van der Waals surface area contributed by atoms with Crippen molar-refractivity contribution in [3.05, 3.63) is 18.3 Å². The molecule has 2 rings (SSSR count). The zero-order valence-electron chi connectivity index (χ0n) is 12.9. The number of methoxy groups -OCH3 is 1. The van der Waals surface area contributed by atoms with Crippen LogP contribution in [0.2, 0.25) is 0 Å². The molecule has 1 unspecified atom stereocenters. The molecule has 0 aliphatic carbocycles. The van der Waals surface area contributed by atoms with Crippen molar-refractivity contribution in [2.75, 3.05) is 32.1 Å². The van der Waals surface area contributed by atoms with E-state index in [0.29, 0.717) is 11.9 Å². The van der Waals surface area contributed by atoms with Crippen LogP contribution >= 0.6 is 0 Å². The van der Waals surface area contributed by atoms with Crippen molar-refractivity contribution < 1.29 is 4.74 Å². The van der Waals surface area contributed by atoms with Crippen LogP contribution in [-0.4, -0.2) is 42.7 Å². The van der Waals surface area contributed by atoms with Crippen LogP contribution in [-0.2, 0) is 0 Å². The number of anilines is 1. The van der Waals surface area contributed by atoms with Crippen LogP contribution in [0.5, 0.6) is 5.88 Å². The smallest absolute Gasteiger partial charge is 0.237 e. The van der Waals surface area contributed by atoms with Gasteiger partial charge in [0.25, 0.3) is 0 Å². The molecule has 0 saturated carbocycles. The van der Waals surface area contributed by atoms with Gasteiger partial charge in [-0.3, -0.25) is 0 Å². The third-order valence-corrected chi connectivity index (χ3v) is 4.23. The van der Waals surface area contributed by atoms with Gasteiger partial charge in [0.2, 0.25) is 5.88 Å². The number of likely N-dealkylation sites (tertiary alicyclic amines) is 1. The topological polar surface area (TPSA) is 37.4 Å². The van der Waals surface area contributed by atoms with Crippen molar-refractivity contribution in [3.63, 3.8) is 0 Å². The molecule has 1 aliphatic rings. The van der Waals surface area contributed by atoms with E-state index < -0.39 is 0 Å². The Bertz CT molecular complexity index is 402. The Morgan fingerprint density at radius 2 is 2.20 bits per heavy atom. The highest BCUT2D eigenvalue weighted by Gasteiger charge is 2.24. The lowest BCUT2D eigenvalue weighted by molar-refractivity contribution is 0.176. The highest BCUT2D eigenvalue weighted by Crippen LogP contribution is 2.26. The van der Waals surface area contributed by atoms with Gasteiger partial charge in [0, 0.05) is 12.2 Å². The molecule has 112 valence electrons. The first-order valence-electron chi connectivity index (χ1n) is 7.72. The van der Waals surface area contributed by atoms with Crippen molar-refractivity contribution in [1.29, 1.82) is 0 Å². The predicted molar refractivity (Wildman–Crippen MR) is 83.3 cm³/mol. The molecule has 20 heavy (non-hydrogen) atoms. The summed E-state index contributed by atoms with van der Waals surface area (Å²) in [5.41, 5.74) is 0.999. The van der Waals surface area contributed by atoms with Crippen LogP contribution in [0.25, 0.3) is 0 Å². The summed E-state index contributed by atoms with van der Waals surface area (Å²) in [4.78, 5) is 6.82. The fourth-order valence-corrected chi connectivity index (χ4v) is 3.02. The largest absolute Gasteiger partial charge is 0.480 e. The maximum atomic E-state index is 5.30. The van der Waals surface area contributed by atoms with Gasteiger partial charge in [0.1, 0.15) is 0 Å². The van der Waals surface area contributed by atoms with E-state index in [0.717, 1.165) is 11.6 Å². The predicted octanol–water partition coefficient (Wildman–Crippen LogP) is 3.01. The Morgan fingerprint density at radius 3 is 2.85 bits per heavy atom. The summed E-state index contributed by atoms with van der Waals surface area (Å²) in [6.45, 7) is 8.23. The van der Waals surface area contributed by atoms with E-state index in [1.54, 1.807) is 13.3 Å². The zero-order valence-corrected chi connectivity index (χ0v) is 12.9. The number of hydrogen-bond donors (Lipinski definition) is 1. The standard InChI is InChI=1S/C16H27N3O/c1-4-10-19-11-7-14(8-12-19)13(2)18-15-6-5-9-17-16(15)20-3/h5-6,9,13-14,18H,4,7-8,10-12H2,1-3H3. The van der Waals surface area contributed by atoms with E-state index in [-0.39, 0.29) is 0 Å². The number of pyridine rings is 1. The second kappa shape index (κ2) is 7.48. The highest BCUT2D eigenvalue weighted by molar-refractivity contribution is 5.52. The van der Waals surface area contributed by atoms with E-state index in [4.69, 9.17) is 4.74 Å². The number of hydrogen-bond acceptors (Lipinski definition) is 4. The monoisotopic (exact) mass is 277 g/mol. The van der Waals surface area contributed by atoms with Gasteiger partial charge in [-0.2, -0.15) is 0 Å². The summed E-state index contributed by atoms with van der Waals surface area (Å²) < 4.78 is 5.30. The Labute approximate surface area is 122 Å². The fourth-order valence-electron chi connectivity index (χ4n) is 3.02. The van der Waals surface area contributed by atoms with E-state index in [1.807, 2.05) is 12.1 Å². The van der Waals surface area contributed by atoms with Crippen LogP contribution in [0.15, 0.2) is 18.3 Å². The van der Waals surface area contributed by atoms with Crippen LogP contribution in [0.3, 0.4) is 0 Å². The minimum Gasteiger partial charge on any atom is -0.480 e. The Morgan fingerprint density at radius 1 is 1.45 bits per heavy atom. The quantitative estimate of drug-likeness (QED) is 0.867. The average molecular weight is 277 g/mol. The Hall–Kier alpha value is -1.29. The second-order valence-corrected chi connectivity index (χ2v) is 5.67. The first-order valence-corrected chi connectivity index (χ1v) is 7.72. The van der Waals surface area contributed by atoms with Crippen LogP contribution in [0.1, 0.15) is 33.1 Å². The van der Waals surface area contributed by atoms with Gasteiger partial charge in [0.05, 0.1) is 12.8 Å². The van der Waals surface area contributed by atoms with Crippen molar-refractivity contribution in [3.8, 4) is 5.88 Å². The lowest BCUT2D eigenvalue weighted by atomic mass is 9.90. The van der Waals surface area contributed by atoms with E-state index in [1.165, 1.54) is 38.9 Å². The SMILES string of the molecule is CCCN1CCC(C(C)Nc2cccnc2OC)CC1. The summed E-state index contributed by atoms with van der Waals surface area (Å²) in [5.74, 6) is 1.41. The summed E-state index contributed by atoms with van der Waals surface area (Å²) in [5, 5.41) is 3.57. The van der Waals surface area contributed by atoms with Crippen LogP contribution in [0, 0.1) is 5.92 Å². The van der Waals surface area contributed by atoms with Crippen LogP contribution < -0.4 is 10.1 Å². The Balaban J connectivity index is 1.88. The molecule has 1 atom stereocenters. The number of nitrogens with zero attached hydrogens (tertiary/aromatic N) is 2. The summed E-state index contributed by atoms with van der Waals surface area (Å²) in [7, 11) is 1.67.